The van der Waals surface area contributed by atoms with Crippen LogP contribution in [0.1, 0.15) is 6.42 Å². The van der Waals surface area contributed by atoms with Crippen LogP contribution in [0.25, 0.3) is 0 Å². The number of carbonyl (C=O) groups is 2. The summed E-state index contributed by atoms with van der Waals surface area (Å²) in [5.41, 5.74) is 0. The van der Waals surface area contributed by atoms with Gasteiger partial charge in [0.05, 0.1) is 5.92 Å². The van der Waals surface area contributed by atoms with Gasteiger partial charge in [-0.15, -0.1) is 0 Å². The molecule has 2 N–H and O–H groups in total. The molecule has 0 spiro atoms. The number of aliphatic carboxylic acids is 1. The van der Waals surface area contributed by atoms with Crippen LogP contribution in [0.15, 0.2) is 0 Å². The molecule has 1 atom stereocenters. The van der Waals surface area contributed by atoms with E-state index in [-0.39, 0.29) is 11.8 Å². The monoisotopic (exact) mass is 256 g/mol. The summed E-state index contributed by atoms with van der Waals surface area (Å²) < 4.78 is 31.7. The van der Waals surface area contributed by atoms with Crippen molar-refractivity contribution in [3.05, 3.63) is 0 Å². The average molecular weight is 256 g/mol. The maximum absolute atomic E-state index is 11.2. The van der Waals surface area contributed by atoms with Gasteiger partial charge in [0.15, 0.2) is 0 Å². The Hall–Kier alpha value is -1.31. The first-order valence-electron chi connectivity index (χ1n) is 4.88. The van der Waals surface area contributed by atoms with Crippen molar-refractivity contribution in [3.8, 4) is 0 Å². The van der Waals surface area contributed by atoms with Crippen molar-refractivity contribution in [1.29, 1.82) is 0 Å². The molecule has 1 aliphatic heterocycles. The minimum absolute atomic E-state index is 0.231. The molecule has 0 radical (unpaired) electrons. The van der Waals surface area contributed by atoms with Crippen LogP contribution in [0, 0.1) is 5.92 Å². The summed E-state index contributed by atoms with van der Waals surface area (Å²) in [7, 11) is 3.61. The van der Waals surface area contributed by atoms with Gasteiger partial charge in [0, 0.05) is 20.6 Å². The lowest BCUT2D eigenvalue weighted by atomic mass is 10.1. The highest BCUT2D eigenvalue weighted by Gasteiger charge is 2.38. The second kappa shape index (κ2) is 6.43. The van der Waals surface area contributed by atoms with E-state index in [1.54, 1.807) is 19.0 Å². The quantitative estimate of drug-likeness (QED) is 0.708. The minimum Gasteiger partial charge on any atom is -0.475 e. The Bertz CT molecular complexity index is 273. The fraction of sp³-hybridized carbons (Fsp3) is 0.778. The Kier molecular flexibility index (Phi) is 5.94. The highest BCUT2D eigenvalue weighted by molar-refractivity contribution is 5.78. The number of carboxylic acids is 1. The number of alkyl halides is 3. The lowest BCUT2D eigenvalue weighted by molar-refractivity contribution is -0.192. The number of nitrogens with zero attached hydrogens (tertiary/aromatic N) is 1. The molecule has 0 unspecified atom stereocenters. The summed E-state index contributed by atoms with van der Waals surface area (Å²) >= 11 is 0. The van der Waals surface area contributed by atoms with Gasteiger partial charge in [0.1, 0.15) is 0 Å². The van der Waals surface area contributed by atoms with Crippen molar-refractivity contribution in [1.82, 2.24) is 10.2 Å². The molecule has 0 aromatic heterocycles. The SMILES string of the molecule is CN(C)C(=O)[C@H]1CCNC1.O=C(O)C(F)(F)F. The Morgan fingerprint density at radius 3 is 2.06 bits per heavy atom. The van der Waals surface area contributed by atoms with Crippen LogP contribution in [0.5, 0.6) is 0 Å². The van der Waals surface area contributed by atoms with Crippen LogP contribution < -0.4 is 5.32 Å². The zero-order valence-corrected chi connectivity index (χ0v) is 9.54. The summed E-state index contributed by atoms with van der Waals surface area (Å²) in [4.78, 5) is 21.8. The molecule has 1 amide bonds. The van der Waals surface area contributed by atoms with Crippen LogP contribution in [-0.4, -0.2) is 55.2 Å². The lowest BCUT2D eigenvalue weighted by Gasteiger charge is -2.14. The topological polar surface area (TPSA) is 69.6 Å². The molecule has 1 heterocycles. The molecule has 1 rings (SSSR count). The van der Waals surface area contributed by atoms with Crippen LogP contribution in [0.2, 0.25) is 0 Å². The van der Waals surface area contributed by atoms with Crippen LogP contribution >= 0.6 is 0 Å². The molecule has 0 aromatic rings. The number of nitrogens with one attached hydrogen (secondary N) is 1. The third-order valence-electron chi connectivity index (χ3n) is 2.09. The van der Waals surface area contributed by atoms with Crippen molar-refractivity contribution in [2.45, 2.75) is 12.6 Å². The summed E-state index contributed by atoms with van der Waals surface area (Å²) in [5, 5.41) is 10.3. The maximum atomic E-state index is 11.2. The number of hydrogen-bond donors (Lipinski definition) is 2. The smallest absolute Gasteiger partial charge is 0.475 e. The van der Waals surface area contributed by atoms with Gasteiger partial charge in [-0.25, -0.2) is 4.79 Å². The normalized spacial score (nSPS) is 19.2. The van der Waals surface area contributed by atoms with E-state index in [9.17, 15) is 18.0 Å². The van der Waals surface area contributed by atoms with Crippen LogP contribution in [0.3, 0.4) is 0 Å². The molecule has 0 aromatic carbocycles. The van der Waals surface area contributed by atoms with Gasteiger partial charge in [0.25, 0.3) is 0 Å². The molecular weight excluding hydrogens is 241 g/mol. The molecule has 17 heavy (non-hydrogen) atoms. The van der Waals surface area contributed by atoms with Gasteiger partial charge in [-0.05, 0) is 13.0 Å². The Morgan fingerprint density at radius 1 is 1.35 bits per heavy atom. The Morgan fingerprint density at radius 2 is 1.82 bits per heavy atom. The molecule has 1 aliphatic rings. The van der Waals surface area contributed by atoms with Gasteiger partial charge in [0.2, 0.25) is 5.91 Å². The van der Waals surface area contributed by atoms with Gasteiger partial charge in [-0.2, -0.15) is 13.2 Å². The summed E-state index contributed by atoms with van der Waals surface area (Å²) in [6, 6.07) is 0. The number of carbonyl (C=O) groups excluding carboxylic acids is 1. The van der Waals surface area contributed by atoms with Crippen molar-refractivity contribution in [3.63, 3.8) is 0 Å². The fourth-order valence-corrected chi connectivity index (χ4v) is 1.23. The second-order valence-corrected chi connectivity index (χ2v) is 3.73. The van der Waals surface area contributed by atoms with E-state index in [4.69, 9.17) is 9.90 Å². The highest BCUT2D eigenvalue weighted by Crippen LogP contribution is 2.13. The number of carboxylic acid groups (broad SMARTS) is 1. The van der Waals surface area contributed by atoms with Gasteiger partial charge >= 0.3 is 12.1 Å². The van der Waals surface area contributed by atoms with E-state index in [0.29, 0.717) is 0 Å². The molecular formula is C9H15F3N2O3. The van der Waals surface area contributed by atoms with Crippen LogP contribution in [0.4, 0.5) is 13.2 Å². The van der Waals surface area contributed by atoms with Crippen LogP contribution in [-0.2, 0) is 9.59 Å². The van der Waals surface area contributed by atoms with Gasteiger partial charge in [-0.3, -0.25) is 4.79 Å². The fourth-order valence-electron chi connectivity index (χ4n) is 1.23. The predicted molar refractivity (Wildman–Crippen MR) is 53.4 cm³/mol. The Balaban J connectivity index is 0.000000325. The zero-order chi connectivity index (χ0) is 13.6. The van der Waals surface area contributed by atoms with Crippen molar-refractivity contribution >= 4 is 11.9 Å². The van der Waals surface area contributed by atoms with Crippen molar-refractivity contribution in [2.75, 3.05) is 27.2 Å². The molecule has 1 fully saturated rings. The van der Waals surface area contributed by atoms with E-state index in [0.717, 1.165) is 19.5 Å². The molecule has 0 bridgehead atoms. The molecule has 1 saturated heterocycles. The van der Waals surface area contributed by atoms with E-state index in [2.05, 4.69) is 5.32 Å². The summed E-state index contributed by atoms with van der Waals surface area (Å²) in [6.07, 6.45) is -4.09. The molecule has 0 aliphatic carbocycles. The molecule has 100 valence electrons. The zero-order valence-electron chi connectivity index (χ0n) is 9.54. The first-order chi connectivity index (χ1) is 7.66. The summed E-state index contributed by atoms with van der Waals surface area (Å²) in [6.45, 7) is 1.85. The van der Waals surface area contributed by atoms with E-state index in [1.807, 2.05) is 0 Å². The van der Waals surface area contributed by atoms with Gasteiger partial charge < -0.3 is 15.3 Å². The minimum atomic E-state index is -5.08. The van der Waals surface area contributed by atoms with Crippen molar-refractivity contribution < 1.29 is 27.9 Å². The number of amides is 1. The Labute approximate surface area is 96.6 Å². The second-order valence-electron chi connectivity index (χ2n) is 3.73. The van der Waals surface area contributed by atoms with Crippen molar-refractivity contribution in [2.24, 2.45) is 5.92 Å². The number of rotatable bonds is 1. The van der Waals surface area contributed by atoms with Gasteiger partial charge in [-0.1, -0.05) is 0 Å². The van der Waals surface area contributed by atoms with E-state index < -0.39 is 12.1 Å². The largest absolute Gasteiger partial charge is 0.490 e. The molecule has 5 nitrogen and oxygen atoms in total. The standard InChI is InChI=1S/C7H14N2O.C2HF3O2/c1-9(2)7(10)6-3-4-8-5-6;3-2(4,5)1(6)7/h6,8H,3-5H2,1-2H3;(H,6,7)/t6-;/m0./s1. The average Bonchev–Trinajstić information content (AvgIpc) is 2.68. The third-order valence-corrected chi connectivity index (χ3v) is 2.09. The highest BCUT2D eigenvalue weighted by atomic mass is 19.4. The van der Waals surface area contributed by atoms with E-state index in [1.165, 1.54) is 0 Å². The maximum Gasteiger partial charge on any atom is 0.490 e. The third kappa shape index (κ3) is 6.10. The number of hydrogen-bond acceptors (Lipinski definition) is 3. The molecule has 8 heteroatoms. The molecule has 0 saturated carbocycles. The predicted octanol–water partition coefficient (Wildman–Crippen LogP) is 0.317. The number of halogens is 3. The van der Waals surface area contributed by atoms with E-state index >= 15 is 0 Å². The first kappa shape index (κ1) is 15.7. The summed E-state index contributed by atoms with van der Waals surface area (Å²) in [5.74, 6) is -2.27. The first-order valence-corrected chi connectivity index (χ1v) is 4.88. The lowest BCUT2D eigenvalue weighted by Crippen LogP contribution is -2.30.